The van der Waals surface area contributed by atoms with Gasteiger partial charge < -0.3 is 15.7 Å². The van der Waals surface area contributed by atoms with Crippen molar-refractivity contribution in [3.8, 4) is 0 Å². The molecular weight excluding hydrogens is 261 g/mol. The van der Waals surface area contributed by atoms with Crippen LogP contribution in [0.3, 0.4) is 0 Å². The van der Waals surface area contributed by atoms with Gasteiger partial charge in [-0.25, -0.2) is 9.18 Å². The lowest BCUT2D eigenvalue weighted by Gasteiger charge is -2.40. The molecule has 0 radical (unpaired) electrons. The van der Waals surface area contributed by atoms with Crippen molar-refractivity contribution < 1.29 is 14.3 Å². The van der Waals surface area contributed by atoms with E-state index in [1.807, 2.05) is 4.90 Å². The Morgan fingerprint density at radius 3 is 2.75 bits per heavy atom. The van der Waals surface area contributed by atoms with Crippen molar-refractivity contribution in [2.24, 2.45) is 0 Å². The molecule has 20 heavy (non-hydrogen) atoms. The van der Waals surface area contributed by atoms with E-state index >= 15 is 0 Å². The Kier molecular flexibility index (Phi) is 4.13. The van der Waals surface area contributed by atoms with E-state index in [4.69, 9.17) is 10.8 Å². The summed E-state index contributed by atoms with van der Waals surface area (Å²) in [4.78, 5) is 15.2. The summed E-state index contributed by atoms with van der Waals surface area (Å²) in [6, 6.07) is 2.78. The summed E-state index contributed by atoms with van der Waals surface area (Å²) < 4.78 is 13.8. The number of carboxylic acids is 1. The minimum atomic E-state index is -1.30. The van der Waals surface area contributed by atoms with E-state index in [0.717, 1.165) is 26.2 Å². The van der Waals surface area contributed by atoms with Gasteiger partial charge in [-0.15, -0.1) is 0 Å². The zero-order chi connectivity index (χ0) is 14.9. The van der Waals surface area contributed by atoms with Crippen LogP contribution in [0, 0.1) is 5.82 Å². The number of piperazine rings is 1. The Balaban J connectivity index is 2.26. The fraction of sp³-hybridized carbons (Fsp3) is 0.500. The van der Waals surface area contributed by atoms with Crippen molar-refractivity contribution in [2.75, 3.05) is 36.8 Å². The van der Waals surface area contributed by atoms with Crippen molar-refractivity contribution in [3.63, 3.8) is 0 Å². The van der Waals surface area contributed by atoms with Crippen LogP contribution in [0.1, 0.15) is 24.2 Å². The van der Waals surface area contributed by atoms with E-state index in [1.54, 1.807) is 0 Å². The summed E-state index contributed by atoms with van der Waals surface area (Å²) in [6.07, 6.45) is 0. The number of aromatic carboxylic acids is 1. The van der Waals surface area contributed by atoms with E-state index in [2.05, 4.69) is 18.7 Å². The van der Waals surface area contributed by atoms with Gasteiger partial charge >= 0.3 is 5.97 Å². The first-order valence-corrected chi connectivity index (χ1v) is 6.75. The lowest BCUT2D eigenvalue weighted by Crippen LogP contribution is -2.51. The number of hydrogen-bond donors (Lipinski definition) is 2. The maximum atomic E-state index is 13.8. The minimum Gasteiger partial charge on any atom is -0.478 e. The molecule has 1 aliphatic heterocycles. The fourth-order valence-electron chi connectivity index (χ4n) is 2.70. The highest BCUT2D eigenvalue weighted by atomic mass is 19.1. The first-order chi connectivity index (χ1) is 9.43. The molecule has 5 nitrogen and oxygen atoms in total. The molecule has 1 heterocycles. The lowest BCUT2D eigenvalue weighted by atomic mass is 10.1. The number of halogens is 1. The molecule has 0 saturated carbocycles. The van der Waals surface area contributed by atoms with Gasteiger partial charge in [-0.3, -0.25) is 4.90 Å². The number of likely N-dealkylation sites (N-methyl/N-ethyl adjacent to an activating group) is 1. The molecule has 0 amide bonds. The third-order valence-electron chi connectivity index (χ3n) is 3.86. The highest BCUT2D eigenvalue weighted by molar-refractivity contribution is 5.91. The van der Waals surface area contributed by atoms with Gasteiger partial charge in [0.1, 0.15) is 5.82 Å². The van der Waals surface area contributed by atoms with Crippen molar-refractivity contribution in [1.29, 1.82) is 0 Å². The van der Waals surface area contributed by atoms with Crippen molar-refractivity contribution in [1.82, 2.24) is 4.90 Å². The second-order valence-corrected chi connectivity index (χ2v) is 5.12. The van der Waals surface area contributed by atoms with E-state index in [9.17, 15) is 9.18 Å². The number of nitrogens with two attached hydrogens (primary N) is 1. The smallest absolute Gasteiger partial charge is 0.338 e. The SMILES string of the molecule is CCN1CCN(c2cc(F)c(C(=O)O)cc2N)CC1C. The Morgan fingerprint density at radius 1 is 1.50 bits per heavy atom. The molecule has 1 saturated heterocycles. The molecule has 110 valence electrons. The monoisotopic (exact) mass is 281 g/mol. The standard InChI is InChI=1S/C14H20FN3O2/c1-3-17-4-5-18(8-9(17)2)13-7-11(15)10(14(19)20)6-12(13)16/h6-7,9H,3-5,8,16H2,1-2H3,(H,19,20). The van der Waals surface area contributed by atoms with Crippen LogP contribution in [0.25, 0.3) is 0 Å². The number of hydrogen-bond acceptors (Lipinski definition) is 4. The first-order valence-electron chi connectivity index (χ1n) is 6.75. The van der Waals surface area contributed by atoms with Crippen LogP contribution >= 0.6 is 0 Å². The fourth-order valence-corrected chi connectivity index (χ4v) is 2.70. The molecule has 1 fully saturated rings. The third kappa shape index (κ3) is 2.70. The van der Waals surface area contributed by atoms with Crippen LogP contribution < -0.4 is 10.6 Å². The van der Waals surface area contributed by atoms with Gasteiger partial charge in [0.25, 0.3) is 0 Å². The average Bonchev–Trinajstić information content (AvgIpc) is 2.40. The molecule has 1 aromatic rings. The number of carboxylic acid groups (broad SMARTS) is 1. The summed E-state index contributed by atoms with van der Waals surface area (Å²) in [5, 5.41) is 8.88. The largest absolute Gasteiger partial charge is 0.478 e. The van der Waals surface area contributed by atoms with Crippen molar-refractivity contribution in [3.05, 3.63) is 23.5 Å². The van der Waals surface area contributed by atoms with E-state index in [0.29, 0.717) is 17.4 Å². The van der Waals surface area contributed by atoms with Crippen molar-refractivity contribution >= 4 is 17.3 Å². The van der Waals surface area contributed by atoms with Crippen LogP contribution in [-0.2, 0) is 0 Å². The molecule has 1 aromatic carbocycles. The summed E-state index contributed by atoms with van der Waals surface area (Å²) >= 11 is 0. The van der Waals surface area contributed by atoms with Crippen LogP contribution in [0.5, 0.6) is 0 Å². The molecule has 2 rings (SSSR count). The number of nitrogen functional groups attached to an aromatic ring is 1. The Bertz CT molecular complexity index is 521. The highest BCUT2D eigenvalue weighted by Crippen LogP contribution is 2.28. The molecule has 1 atom stereocenters. The molecule has 1 unspecified atom stereocenters. The maximum absolute atomic E-state index is 13.8. The summed E-state index contributed by atoms with van der Waals surface area (Å²) in [7, 11) is 0. The Labute approximate surface area is 117 Å². The molecular formula is C14H20FN3O2. The van der Waals surface area contributed by atoms with Crippen LogP contribution in [-0.4, -0.2) is 48.2 Å². The lowest BCUT2D eigenvalue weighted by molar-refractivity contribution is 0.0692. The quantitative estimate of drug-likeness (QED) is 0.824. The van der Waals surface area contributed by atoms with Crippen LogP contribution in [0.4, 0.5) is 15.8 Å². The second kappa shape index (κ2) is 5.66. The number of carbonyl (C=O) groups is 1. The summed E-state index contributed by atoms with van der Waals surface area (Å²) in [6.45, 7) is 7.62. The predicted octanol–water partition coefficient (Wildman–Crippen LogP) is 1.64. The molecule has 0 bridgehead atoms. The zero-order valence-corrected chi connectivity index (χ0v) is 11.8. The average molecular weight is 281 g/mol. The molecule has 1 aliphatic rings. The van der Waals surface area contributed by atoms with Gasteiger partial charge in [0.2, 0.25) is 0 Å². The number of anilines is 2. The van der Waals surface area contributed by atoms with E-state index in [-0.39, 0.29) is 5.56 Å². The molecule has 0 aliphatic carbocycles. The number of rotatable bonds is 3. The normalized spacial score (nSPS) is 20.1. The Hall–Kier alpha value is -1.82. The van der Waals surface area contributed by atoms with E-state index in [1.165, 1.54) is 12.1 Å². The minimum absolute atomic E-state index is 0.306. The van der Waals surface area contributed by atoms with Gasteiger partial charge in [0.15, 0.2) is 0 Å². The van der Waals surface area contributed by atoms with Crippen LogP contribution in [0.15, 0.2) is 12.1 Å². The van der Waals surface area contributed by atoms with Gasteiger partial charge in [-0.05, 0) is 19.5 Å². The number of nitrogens with zero attached hydrogens (tertiary/aromatic N) is 2. The predicted molar refractivity (Wildman–Crippen MR) is 76.7 cm³/mol. The third-order valence-corrected chi connectivity index (χ3v) is 3.86. The van der Waals surface area contributed by atoms with Gasteiger partial charge in [-0.1, -0.05) is 6.92 Å². The summed E-state index contributed by atoms with van der Waals surface area (Å²) in [5.41, 5.74) is 6.39. The highest BCUT2D eigenvalue weighted by Gasteiger charge is 2.25. The second-order valence-electron chi connectivity index (χ2n) is 5.12. The van der Waals surface area contributed by atoms with E-state index < -0.39 is 11.8 Å². The van der Waals surface area contributed by atoms with Gasteiger partial charge in [0.05, 0.1) is 16.9 Å². The Morgan fingerprint density at radius 2 is 2.20 bits per heavy atom. The summed E-state index contributed by atoms with van der Waals surface area (Å²) in [5.74, 6) is -2.04. The molecule has 0 spiro atoms. The molecule has 6 heteroatoms. The van der Waals surface area contributed by atoms with Gasteiger partial charge in [0, 0.05) is 31.7 Å². The molecule has 0 aromatic heterocycles. The first kappa shape index (κ1) is 14.6. The topological polar surface area (TPSA) is 69.8 Å². The van der Waals surface area contributed by atoms with Crippen LogP contribution in [0.2, 0.25) is 0 Å². The van der Waals surface area contributed by atoms with Crippen molar-refractivity contribution in [2.45, 2.75) is 19.9 Å². The maximum Gasteiger partial charge on any atom is 0.338 e. The molecule has 3 N–H and O–H groups in total. The number of benzene rings is 1. The zero-order valence-electron chi connectivity index (χ0n) is 11.8. The van der Waals surface area contributed by atoms with Gasteiger partial charge in [-0.2, -0.15) is 0 Å².